The maximum absolute atomic E-state index is 14.3. The Bertz CT molecular complexity index is 998. The smallest absolute Gasteiger partial charge is 0.192 e. The van der Waals surface area contributed by atoms with Crippen molar-refractivity contribution >= 4 is 30.9 Å². The Labute approximate surface area is 205 Å². The molecule has 0 saturated carbocycles. The van der Waals surface area contributed by atoms with Crippen LogP contribution >= 0.6 is 11.6 Å². The van der Waals surface area contributed by atoms with Gasteiger partial charge in [-0.3, -0.25) is 4.98 Å². The summed E-state index contributed by atoms with van der Waals surface area (Å²) in [5, 5.41) is -0.494. The number of hydrogen-bond acceptors (Lipinski definition) is 3. The van der Waals surface area contributed by atoms with Gasteiger partial charge < -0.3 is 4.43 Å². The molecular weight excluding hydrogens is 482 g/mol. The second-order valence-electron chi connectivity index (χ2n) is 11.0. The van der Waals surface area contributed by atoms with Crippen molar-refractivity contribution in [3.63, 3.8) is 0 Å². The lowest BCUT2D eigenvalue weighted by Crippen LogP contribution is -2.47. The largest absolute Gasteiger partial charge is 0.413 e. The summed E-state index contributed by atoms with van der Waals surface area (Å²) < 4.78 is 50.3. The predicted octanol–water partition coefficient (Wildman–Crippen LogP) is 6.85. The van der Waals surface area contributed by atoms with E-state index < -0.39 is 46.2 Å². The molecule has 0 aliphatic heterocycles. The second-order valence-corrected chi connectivity index (χ2v) is 18.1. The molecule has 2 rings (SSSR count). The summed E-state index contributed by atoms with van der Waals surface area (Å²) in [5.41, 5.74) is 0.356. The van der Waals surface area contributed by atoms with E-state index in [4.69, 9.17) is 16.0 Å². The number of nitrogens with zero attached hydrogens (tertiary/aromatic N) is 1. The Kier molecular flexibility index (Phi) is 8.34. The van der Waals surface area contributed by atoms with Gasteiger partial charge in [0.2, 0.25) is 0 Å². The normalized spacial score (nSPS) is 15.9. The molecule has 0 radical (unpaired) electrons. The van der Waals surface area contributed by atoms with E-state index in [1.807, 2.05) is 26.8 Å². The molecule has 0 saturated heterocycles. The van der Waals surface area contributed by atoms with Crippen LogP contribution in [0.15, 0.2) is 30.5 Å². The van der Waals surface area contributed by atoms with Crippen molar-refractivity contribution < 1.29 is 17.4 Å². The van der Waals surface area contributed by atoms with Crippen molar-refractivity contribution in [2.45, 2.75) is 83.5 Å². The monoisotopic (exact) mass is 516 g/mol. The molecule has 2 aromatic rings. The van der Waals surface area contributed by atoms with Crippen molar-refractivity contribution in [1.82, 2.24) is 9.71 Å². The molecule has 1 aromatic heterocycles. The minimum atomic E-state index is -1.93. The lowest BCUT2D eigenvalue weighted by Gasteiger charge is -2.36. The van der Waals surface area contributed by atoms with Crippen LogP contribution in [0.5, 0.6) is 0 Å². The molecule has 0 amide bonds. The second kappa shape index (κ2) is 9.82. The molecule has 2 atom stereocenters. The van der Waals surface area contributed by atoms with Crippen molar-refractivity contribution in [2.24, 2.45) is 0 Å². The first-order valence-electron chi connectivity index (χ1n) is 10.8. The van der Waals surface area contributed by atoms with Gasteiger partial charge in [-0.1, -0.05) is 38.4 Å². The third-order valence-corrected chi connectivity index (χ3v) is 12.7. The number of nitrogens with one attached hydrogen (secondary N) is 1. The van der Waals surface area contributed by atoms with Crippen LogP contribution in [0, 0.1) is 11.6 Å². The zero-order chi connectivity index (χ0) is 25.4. The lowest BCUT2D eigenvalue weighted by atomic mass is 9.89. The number of benzene rings is 1. The van der Waals surface area contributed by atoms with E-state index in [2.05, 4.69) is 43.6 Å². The topological polar surface area (TPSA) is 51.2 Å². The van der Waals surface area contributed by atoms with Crippen LogP contribution in [0.4, 0.5) is 8.78 Å². The minimum absolute atomic E-state index is 0.0859. The van der Waals surface area contributed by atoms with Gasteiger partial charge in [-0.25, -0.2) is 17.7 Å². The van der Waals surface area contributed by atoms with Crippen molar-refractivity contribution in [1.29, 1.82) is 0 Å². The highest BCUT2D eigenvalue weighted by molar-refractivity contribution is 7.84. The zero-order valence-electron chi connectivity index (χ0n) is 20.9. The van der Waals surface area contributed by atoms with E-state index in [9.17, 15) is 13.0 Å². The van der Waals surface area contributed by atoms with Crippen LogP contribution < -0.4 is 4.72 Å². The third kappa shape index (κ3) is 6.48. The Balaban J connectivity index is 2.45. The predicted molar refractivity (Wildman–Crippen MR) is 135 cm³/mol. The van der Waals surface area contributed by atoms with Crippen molar-refractivity contribution in [2.75, 3.05) is 0 Å². The van der Waals surface area contributed by atoms with Crippen LogP contribution in [-0.2, 0) is 27.6 Å². The van der Waals surface area contributed by atoms with Gasteiger partial charge >= 0.3 is 0 Å². The molecule has 33 heavy (non-hydrogen) atoms. The fraction of sp³-hybridized carbons (Fsp3) is 0.542. The van der Waals surface area contributed by atoms with Crippen LogP contribution in [0.25, 0.3) is 0 Å². The van der Waals surface area contributed by atoms with E-state index in [-0.39, 0.29) is 10.6 Å². The highest BCUT2D eigenvalue weighted by atomic mass is 35.5. The summed E-state index contributed by atoms with van der Waals surface area (Å²) in [6.45, 7) is 18.5. The first kappa shape index (κ1) is 28.0. The Morgan fingerprint density at radius 3 is 2.03 bits per heavy atom. The van der Waals surface area contributed by atoms with Crippen LogP contribution in [-0.4, -0.2) is 22.3 Å². The minimum Gasteiger partial charge on any atom is -0.413 e. The molecule has 0 fully saturated rings. The first-order valence-corrected chi connectivity index (χ1v) is 15.3. The fourth-order valence-corrected chi connectivity index (χ4v) is 4.70. The molecule has 0 aliphatic rings. The highest BCUT2D eigenvalue weighted by Crippen LogP contribution is 2.37. The van der Waals surface area contributed by atoms with Gasteiger partial charge in [0.15, 0.2) is 8.32 Å². The summed E-state index contributed by atoms with van der Waals surface area (Å²) in [4.78, 5) is 4.57. The van der Waals surface area contributed by atoms with Gasteiger partial charge in [0.25, 0.3) is 0 Å². The van der Waals surface area contributed by atoms with Crippen molar-refractivity contribution in [3.8, 4) is 0 Å². The molecule has 4 nitrogen and oxygen atoms in total. The molecule has 1 heterocycles. The van der Waals surface area contributed by atoms with Crippen LogP contribution in [0.2, 0.25) is 23.2 Å². The van der Waals surface area contributed by atoms with E-state index in [0.717, 1.165) is 17.7 Å². The molecule has 184 valence electrons. The summed E-state index contributed by atoms with van der Waals surface area (Å²) in [5.74, 6) is -1.78. The van der Waals surface area contributed by atoms with Gasteiger partial charge in [0.05, 0.1) is 33.6 Å². The zero-order valence-corrected chi connectivity index (χ0v) is 23.5. The van der Waals surface area contributed by atoms with Gasteiger partial charge in [-0.2, -0.15) is 0 Å². The van der Waals surface area contributed by atoms with E-state index in [1.54, 1.807) is 19.2 Å². The summed E-state index contributed by atoms with van der Waals surface area (Å²) in [6, 6.07) is 5.93. The van der Waals surface area contributed by atoms with Gasteiger partial charge in [0, 0.05) is 6.20 Å². The van der Waals surface area contributed by atoms with Gasteiger partial charge in [0.1, 0.15) is 16.7 Å². The lowest BCUT2D eigenvalue weighted by molar-refractivity contribution is 0.276. The molecule has 1 aromatic carbocycles. The first-order chi connectivity index (χ1) is 14.9. The molecule has 9 heteroatoms. The molecular formula is C24H35ClF2N2O2SSi. The Morgan fingerprint density at radius 2 is 1.61 bits per heavy atom. The fourth-order valence-electron chi connectivity index (χ4n) is 2.73. The molecule has 0 unspecified atom stereocenters. The molecule has 0 bridgehead atoms. The van der Waals surface area contributed by atoms with Crippen LogP contribution in [0.1, 0.15) is 65.3 Å². The third-order valence-electron chi connectivity index (χ3n) is 6.16. The number of rotatable bonds is 7. The Hall–Kier alpha value is -1.19. The van der Waals surface area contributed by atoms with E-state index in [1.165, 1.54) is 0 Å². The maximum atomic E-state index is 14.3. The maximum Gasteiger partial charge on any atom is 0.192 e. The number of pyridine rings is 1. The number of halogens is 3. The van der Waals surface area contributed by atoms with Crippen molar-refractivity contribution in [3.05, 3.63) is 63.9 Å². The quantitative estimate of drug-likeness (QED) is 0.323. The molecule has 0 aliphatic carbocycles. The summed E-state index contributed by atoms with van der Waals surface area (Å²) in [7, 11) is -3.47. The number of aromatic nitrogens is 1. The average Bonchev–Trinajstić information content (AvgIpc) is 2.68. The molecule has 1 N–H and O–H groups in total. The Morgan fingerprint density at radius 1 is 1.06 bits per heavy atom. The van der Waals surface area contributed by atoms with Gasteiger partial charge in [-0.05, 0) is 75.2 Å². The number of hydrogen-bond donors (Lipinski definition) is 1. The highest BCUT2D eigenvalue weighted by Gasteiger charge is 2.38. The van der Waals surface area contributed by atoms with Crippen LogP contribution in [0.3, 0.4) is 0 Å². The average molecular weight is 517 g/mol. The van der Waals surface area contributed by atoms with Gasteiger partial charge in [-0.15, -0.1) is 0 Å². The SMILES string of the molecule is CC(C)(C)[S@](=O)N[C@](C)(c1cc(F)c(Cl)c(F)c1)c1ccc(CO[Si](C)(C)C(C)(C)C)cn1. The summed E-state index contributed by atoms with van der Waals surface area (Å²) >= 11 is 5.69. The van der Waals surface area contributed by atoms with E-state index >= 15 is 0 Å². The molecule has 0 spiro atoms. The van der Waals surface area contributed by atoms with E-state index in [0.29, 0.717) is 12.3 Å². The standard InChI is InChI=1S/C24H35ClF2N2O2SSi/c1-22(2,3)32(30)29-24(7,17-12-18(26)21(25)19(27)13-17)20-11-10-16(14-28-20)15-31-33(8,9)23(4,5)6/h10-14,29H,15H2,1-9H3/t24-,32+/m1/s1. The summed E-state index contributed by atoms with van der Waals surface area (Å²) in [6.07, 6.45) is 1.69.